The average molecular weight is 238 g/mol. The molecule has 0 bridgehead atoms. The number of amides is 1. The number of nitrogens with zero attached hydrogens (tertiary/aromatic N) is 1. The molecule has 0 aliphatic heterocycles. The summed E-state index contributed by atoms with van der Waals surface area (Å²) >= 11 is 0. The summed E-state index contributed by atoms with van der Waals surface area (Å²) < 4.78 is 0. The van der Waals surface area contributed by atoms with Crippen LogP contribution in [0.1, 0.15) is 39.3 Å². The van der Waals surface area contributed by atoms with E-state index >= 15 is 0 Å². The highest BCUT2D eigenvalue weighted by Crippen LogP contribution is 2.07. The van der Waals surface area contributed by atoms with Crippen LogP contribution in [0.15, 0.2) is 6.07 Å². The molecule has 5 heteroatoms. The molecule has 0 aliphatic carbocycles. The molecule has 0 fully saturated rings. The van der Waals surface area contributed by atoms with E-state index in [9.17, 15) is 4.79 Å². The van der Waals surface area contributed by atoms with E-state index in [1.165, 1.54) is 0 Å². The Morgan fingerprint density at radius 2 is 2.29 bits per heavy atom. The second-order valence-electron chi connectivity index (χ2n) is 4.24. The third-order valence-electron chi connectivity index (χ3n) is 2.46. The minimum Gasteiger partial charge on any atom is -0.314 e. The average Bonchev–Trinajstić information content (AvgIpc) is 2.66. The van der Waals surface area contributed by atoms with E-state index in [1.54, 1.807) is 0 Å². The summed E-state index contributed by atoms with van der Waals surface area (Å²) in [5.74, 6) is 0.607. The van der Waals surface area contributed by atoms with Crippen molar-refractivity contribution >= 4 is 11.7 Å². The quantitative estimate of drug-likeness (QED) is 0.677. The Hall–Kier alpha value is -1.36. The molecule has 1 unspecified atom stereocenters. The Bertz CT molecular complexity index is 348. The fraction of sp³-hybridized carbons (Fsp3) is 0.667. The topological polar surface area (TPSA) is 69.8 Å². The van der Waals surface area contributed by atoms with Gasteiger partial charge in [-0.25, -0.2) is 0 Å². The maximum atomic E-state index is 11.7. The number of hydrogen-bond donors (Lipinski definition) is 3. The number of anilines is 1. The van der Waals surface area contributed by atoms with Gasteiger partial charge in [-0.1, -0.05) is 20.3 Å². The fourth-order valence-corrected chi connectivity index (χ4v) is 1.72. The van der Waals surface area contributed by atoms with Gasteiger partial charge in [0, 0.05) is 24.2 Å². The van der Waals surface area contributed by atoms with Gasteiger partial charge in [-0.05, 0) is 19.9 Å². The van der Waals surface area contributed by atoms with Crippen LogP contribution in [-0.4, -0.2) is 28.7 Å². The number of hydrogen-bond acceptors (Lipinski definition) is 3. The third-order valence-corrected chi connectivity index (χ3v) is 2.46. The zero-order valence-corrected chi connectivity index (χ0v) is 10.8. The molecule has 1 aromatic rings. The van der Waals surface area contributed by atoms with Crippen LogP contribution in [0.2, 0.25) is 0 Å². The van der Waals surface area contributed by atoms with E-state index in [0.717, 1.165) is 25.1 Å². The summed E-state index contributed by atoms with van der Waals surface area (Å²) in [5.41, 5.74) is 1.06. The van der Waals surface area contributed by atoms with Gasteiger partial charge in [0.25, 0.3) is 0 Å². The summed E-state index contributed by atoms with van der Waals surface area (Å²) in [6.07, 6.45) is 2.48. The molecule has 1 aromatic heterocycles. The van der Waals surface area contributed by atoms with E-state index < -0.39 is 0 Å². The van der Waals surface area contributed by atoms with Crippen molar-refractivity contribution in [3.63, 3.8) is 0 Å². The first kappa shape index (κ1) is 13.7. The van der Waals surface area contributed by atoms with Crippen LogP contribution in [0.25, 0.3) is 0 Å². The van der Waals surface area contributed by atoms with Crippen molar-refractivity contribution in [3.8, 4) is 0 Å². The second-order valence-corrected chi connectivity index (χ2v) is 4.24. The van der Waals surface area contributed by atoms with Crippen LogP contribution in [0.4, 0.5) is 5.82 Å². The Kier molecular flexibility index (Phi) is 5.69. The highest BCUT2D eigenvalue weighted by molar-refractivity contribution is 5.90. The van der Waals surface area contributed by atoms with Crippen LogP contribution >= 0.6 is 0 Å². The van der Waals surface area contributed by atoms with Crippen molar-refractivity contribution in [2.24, 2.45) is 0 Å². The van der Waals surface area contributed by atoms with Crippen LogP contribution in [0, 0.1) is 0 Å². The molecular formula is C12H22N4O. The van der Waals surface area contributed by atoms with Gasteiger partial charge in [0.15, 0.2) is 5.82 Å². The van der Waals surface area contributed by atoms with Gasteiger partial charge in [0.05, 0.1) is 0 Å². The van der Waals surface area contributed by atoms with Gasteiger partial charge in [0.1, 0.15) is 0 Å². The molecule has 1 atom stereocenters. The molecule has 1 heterocycles. The monoisotopic (exact) mass is 238 g/mol. The molecule has 1 rings (SSSR count). The molecule has 96 valence electrons. The molecule has 0 spiro atoms. The van der Waals surface area contributed by atoms with E-state index in [4.69, 9.17) is 0 Å². The van der Waals surface area contributed by atoms with Crippen LogP contribution in [0.5, 0.6) is 0 Å². The molecule has 0 saturated heterocycles. The van der Waals surface area contributed by atoms with Gasteiger partial charge in [-0.2, -0.15) is 5.10 Å². The maximum Gasteiger partial charge on any atom is 0.227 e. The number of rotatable bonds is 7. The SMILES string of the molecule is CCCc1cc(NC(=O)CC(C)NCC)n[nH]1. The number of aryl methyl sites for hydroxylation is 1. The van der Waals surface area contributed by atoms with E-state index in [2.05, 4.69) is 27.8 Å². The van der Waals surface area contributed by atoms with Gasteiger partial charge in [-0.15, -0.1) is 0 Å². The highest BCUT2D eigenvalue weighted by Gasteiger charge is 2.09. The largest absolute Gasteiger partial charge is 0.314 e. The van der Waals surface area contributed by atoms with Crippen LogP contribution in [0.3, 0.4) is 0 Å². The fourth-order valence-electron chi connectivity index (χ4n) is 1.72. The first-order valence-electron chi connectivity index (χ1n) is 6.23. The molecule has 3 N–H and O–H groups in total. The predicted molar refractivity (Wildman–Crippen MR) is 69.0 cm³/mol. The Labute approximate surface area is 102 Å². The zero-order valence-electron chi connectivity index (χ0n) is 10.8. The van der Waals surface area contributed by atoms with Crippen LogP contribution in [-0.2, 0) is 11.2 Å². The maximum absolute atomic E-state index is 11.7. The highest BCUT2D eigenvalue weighted by atomic mass is 16.1. The number of carbonyl (C=O) groups is 1. The summed E-state index contributed by atoms with van der Waals surface area (Å²) in [6, 6.07) is 2.08. The van der Waals surface area contributed by atoms with Gasteiger partial charge in [0.2, 0.25) is 5.91 Å². The van der Waals surface area contributed by atoms with E-state index in [0.29, 0.717) is 12.2 Å². The van der Waals surface area contributed by atoms with Crippen molar-refractivity contribution in [2.75, 3.05) is 11.9 Å². The van der Waals surface area contributed by atoms with Gasteiger partial charge >= 0.3 is 0 Å². The lowest BCUT2D eigenvalue weighted by Crippen LogP contribution is -2.30. The molecule has 0 aromatic carbocycles. The molecular weight excluding hydrogens is 216 g/mol. The molecule has 0 radical (unpaired) electrons. The van der Waals surface area contributed by atoms with Gasteiger partial charge < -0.3 is 10.6 Å². The summed E-state index contributed by atoms with van der Waals surface area (Å²) in [6.45, 7) is 7.00. The summed E-state index contributed by atoms with van der Waals surface area (Å²) in [4.78, 5) is 11.7. The number of H-pyrrole nitrogens is 1. The molecule has 0 saturated carbocycles. The first-order valence-corrected chi connectivity index (χ1v) is 6.23. The Morgan fingerprint density at radius 1 is 1.53 bits per heavy atom. The third kappa shape index (κ3) is 4.99. The minimum absolute atomic E-state index is 0.00648. The lowest BCUT2D eigenvalue weighted by Gasteiger charge is -2.10. The second kappa shape index (κ2) is 7.06. The standard InChI is InChI=1S/C12H22N4O/c1-4-6-10-8-11(16-15-10)14-12(17)7-9(3)13-5-2/h8-9,13H,4-7H2,1-3H3,(H2,14,15,16,17). The number of aromatic nitrogens is 2. The summed E-state index contributed by atoms with van der Waals surface area (Å²) in [7, 11) is 0. The number of aromatic amines is 1. The number of carbonyl (C=O) groups excluding carboxylic acids is 1. The zero-order chi connectivity index (χ0) is 12.7. The molecule has 1 amide bonds. The van der Waals surface area contributed by atoms with Crippen LogP contribution < -0.4 is 10.6 Å². The van der Waals surface area contributed by atoms with E-state index in [1.807, 2.05) is 19.9 Å². The van der Waals surface area contributed by atoms with Crippen molar-refractivity contribution in [1.82, 2.24) is 15.5 Å². The summed E-state index contributed by atoms with van der Waals surface area (Å²) in [5, 5.41) is 12.9. The first-order chi connectivity index (χ1) is 8.15. The normalized spacial score (nSPS) is 12.4. The Morgan fingerprint density at radius 3 is 2.94 bits per heavy atom. The predicted octanol–water partition coefficient (Wildman–Crippen LogP) is 1.69. The lowest BCUT2D eigenvalue weighted by atomic mass is 10.2. The van der Waals surface area contributed by atoms with E-state index in [-0.39, 0.29) is 11.9 Å². The Balaban J connectivity index is 2.39. The number of nitrogens with one attached hydrogen (secondary N) is 3. The van der Waals surface area contributed by atoms with Crippen molar-refractivity contribution in [1.29, 1.82) is 0 Å². The lowest BCUT2D eigenvalue weighted by molar-refractivity contribution is -0.116. The van der Waals surface area contributed by atoms with Gasteiger partial charge in [-0.3, -0.25) is 9.89 Å². The van der Waals surface area contributed by atoms with Crippen molar-refractivity contribution in [2.45, 2.75) is 46.1 Å². The smallest absolute Gasteiger partial charge is 0.227 e. The molecule has 17 heavy (non-hydrogen) atoms. The minimum atomic E-state index is -0.00648. The van der Waals surface area contributed by atoms with Crippen molar-refractivity contribution in [3.05, 3.63) is 11.8 Å². The molecule has 0 aliphatic rings. The molecule has 5 nitrogen and oxygen atoms in total. The van der Waals surface area contributed by atoms with Crippen molar-refractivity contribution < 1.29 is 4.79 Å².